The fourth-order valence-corrected chi connectivity index (χ4v) is 3.71. The number of rotatable bonds is 5. The Morgan fingerprint density at radius 3 is 2.62 bits per heavy atom. The molecule has 0 fully saturated rings. The summed E-state index contributed by atoms with van der Waals surface area (Å²) in [7, 11) is 2.12. The minimum absolute atomic E-state index is 0.444. The van der Waals surface area contributed by atoms with Gasteiger partial charge in [0.25, 0.3) is 0 Å². The highest BCUT2D eigenvalue weighted by molar-refractivity contribution is 6.37. The first-order valence-corrected chi connectivity index (χ1v) is 9.06. The first-order valence-electron chi connectivity index (χ1n) is 8.31. The summed E-state index contributed by atoms with van der Waals surface area (Å²) in [4.78, 5) is 7.20. The Kier molecular flexibility index (Phi) is 5.38. The number of hydrogen-bond donors (Lipinski definition) is 0. The lowest BCUT2D eigenvalue weighted by molar-refractivity contribution is 0.193. The second-order valence-electron chi connectivity index (χ2n) is 6.50. The fraction of sp³-hybridized carbons (Fsp3) is 0.500. The van der Waals surface area contributed by atoms with Crippen molar-refractivity contribution < 1.29 is 4.74 Å². The van der Waals surface area contributed by atoms with Gasteiger partial charge >= 0.3 is 0 Å². The van der Waals surface area contributed by atoms with Crippen molar-refractivity contribution in [3.05, 3.63) is 45.5 Å². The van der Waals surface area contributed by atoms with E-state index in [4.69, 9.17) is 32.9 Å². The molecule has 3 rings (SSSR count). The van der Waals surface area contributed by atoms with Crippen LogP contribution in [0.5, 0.6) is 5.75 Å². The van der Waals surface area contributed by atoms with E-state index in [1.807, 2.05) is 6.07 Å². The molecule has 1 aromatic heterocycles. The van der Waals surface area contributed by atoms with Crippen LogP contribution in [0.25, 0.3) is 0 Å². The minimum Gasteiger partial charge on any atom is -0.489 e. The summed E-state index contributed by atoms with van der Waals surface area (Å²) < 4.78 is 8.06. The lowest BCUT2D eigenvalue weighted by Crippen LogP contribution is -2.34. The van der Waals surface area contributed by atoms with Crippen LogP contribution in [0.1, 0.15) is 37.0 Å². The van der Waals surface area contributed by atoms with Gasteiger partial charge in [-0.25, -0.2) is 4.98 Å². The van der Waals surface area contributed by atoms with E-state index in [2.05, 4.69) is 30.4 Å². The third-order valence-corrected chi connectivity index (χ3v) is 5.05. The van der Waals surface area contributed by atoms with Crippen LogP contribution >= 0.6 is 23.2 Å². The number of aromatic nitrogens is 2. The molecule has 4 nitrogen and oxygen atoms in total. The molecular weight excluding hydrogens is 345 g/mol. The summed E-state index contributed by atoms with van der Waals surface area (Å²) in [5.41, 5.74) is 2.56. The van der Waals surface area contributed by atoms with Gasteiger partial charge < -0.3 is 9.30 Å². The molecule has 2 heterocycles. The molecule has 0 unspecified atom stereocenters. The zero-order valence-corrected chi connectivity index (χ0v) is 15.9. The molecule has 0 radical (unpaired) electrons. The molecule has 0 saturated carbocycles. The molecule has 0 saturated heterocycles. The van der Waals surface area contributed by atoms with Crippen molar-refractivity contribution in [2.45, 2.75) is 32.7 Å². The highest BCUT2D eigenvalue weighted by Gasteiger charge is 2.23. The highest BCUT2D eigenvalue weighted by atomic mass is 35.5. The SMILES string of the molecule is CC(C)c1nc2c(n1C)CCN(CCOc1c(Cl)cccc1Cl)C2. The first-order chi connectivity index (χ1) is 11.5. The van der Waals surface area contributed by atoms with Crippen LogP contribution < -0.4 is 4.74 Å². The number of ether oxygens (including phenoxy) is 1. The van der Waals surface area contributed by atoms with E-state index in [1.165, 1.54) is 17.2 Å². The Bertz CT molecular complexity index is 707. The second-order valence-corrected chi connectivity index (χ2v) is 7.32. The average molecular weight is 368 g/mol. The van der Waals surface area contributed by atoms with Crippen LogP contribution in [0.3, 0.4) is 0 Å². The van der Waals surface area contributed by atoms with Crippen molar-refractivity contribution >= 4 is 23.2 Å². The van der Waals surface area contributed by atoms with Gasteiger partial charge in [0, 0.05) is 44.7 Å². The molecule has 0 aliphatic carbocycles. The maximum Gasteiger partial charge on any atom is 0.156 e. The van der Waals surface area contributed by atoms with E-state index in [-0.39, 0.29) is 0 Å². The summed E-state index contributed by atoms with van der Waals surface area (Å²) in [6.07, 6.45) is 1.03. The molecule has 24 heavy (non-hydrogen) atoms. The van der Waals surface area contributed by atoms with Gasteiger partial charge in [0.15, 0.2) is 5.75 Å². The number of benzene rings is 1. The van der Waals surface area contributed by atoms with Gasteiger partial charge in [-0.15, -0.1) is 0 Å². The van der Waals surface area contributed by atoms with Gasteiger partial charge in [-0.1, -0.05) is 43.1 Å². The van der Waals surface area contributed by atoms with Gasteiger partial charge in [-0.2, -0.15) is 0 Å². The van der Waals surface area contributed by atoms with Crippen molar-refractivity contribution in [1.29, 1.82) is 0 Å². The third kappa shape index (κ3) is 3.56. The molecule has 130 valence electrons. The Morgan fingerprint density at radius 2 is 1.96 bits per heavy atom. The van der Waals surface area contributed by atoms with E-state index in [9.17, 15) is 0 Å². The lowest BCUT2D eigenvalue weighted by atomic mass is 10.1. The fourth-order valence-electron chi connectivity index (χ4n) is 3.21. The quantitative estimate of drug-likeness (QED) is 0.789. The Morgan fingerprint density at radius 1 is 1.25 bits per heavy atom. The minimum atomic E-state index is 0.444. The molecule has 1 aliphatic heterocycles. The van der Waals surface area contributed by atoms with Gasteiger partial charge in [0.2, 0.25) is 0 Å². The van der Waals surface area contributed by atoms with Crippen molar-refractivity contribution in [2.24, 2.45) is 7.05 Å². The van der Waals surface area contributed by atoms with Crippen LogP contribution in [0.15, 0.2) is 18.2 Å². The van der Waals surface area contributed by atoms with Gasteiger partial charge in [-0.3, -0.25) is 4.90 Å². The molecule has 0 amide bonds. The third-order valence-electron chi connectivity index (χ3n) is 4.46. The Labute approximate surface area is 153 Å². The number of halogens is 2. The monoisotopic (exact) mass is 367 g/mol. The van der Waals surface area contributed by atoms with Gasteiger partial charge in [-0.05, 0) is 12.1 Å². The first kappa shape index (κ1) is 17.6. The lowest BCUT2D eigenvalue weighted by Gasteiger charge is -2.26. The van der Waals surface area contributed by atoms with Crippen LogP contribution in [-0.2, 0) is 20.0 Å². The zero-order valence-electron chi connectivity index (χ0n) is 14.4. The number of imidazole rings is 1. The smallest absolute Gasteiger partial charge is 0.156 e. The van der Waals surface area contributed by atoms with Crippen LogP contribution in [0.2, 0.25) is 10.0 Å². The predicted octanol–water partition coefficient (Wildman–Crippen LogP) is 4.29. The molecule has 0 N–H and O–H groups in total. The number of hydrogen-bond acceptors (Lipinski definition) is 3. The molecular formula is C18H23Cl2N3O. The molecule has 0 bridgehead atoms. The summed E-state index contributed by atoms with van der Waals surface area (Å²) in [5.74, 6) is 2.18. The topological polar surface area (TPSA) is 30.3 Å². The second kappa shape index (κ2) is 7.34. The molecule has 1 aromatic carbocycles. The van der Waals surface area contributed by atoms with E-state index in [0.717, 1.165) is 26.1 Å². The molecule has 0 spiro atoms. The summed E-state index contributed by atoms with van der Waals surface area (Å²) >= 11 is 12.3. The normalized spacial score (nSPS) is 14.9. The maximum atomic E-state index is 6.13. The summed E-state index contributed by atoms with van der Waals surface area (Å²) in [6.45, 7) is 7.65. The average Bonchev–Trinajstić information content (AvgIpc) is 2.87. The largest absolute Gasteiger partial charge is 0.489 e. The number of nitrogens with zero attached hydrogens (tertiary/aromatic N) is 3. The van der Waals surface area contributed by atoms with Crippen LogP contribution in [0.4, 0.5) is 0 Å². The van der Waals surface area contributed by atoms with Crippen molar-refractivity contribution in [3.8, 4) is 5.75 Å². The van der Waals surface area contributed by atoms with Crippen molar-refractivity contribution in [3.63, 3.8) is 0 Å². The van der Waals surface area contributed by atoms with Crippen LogP contribution in [0, 0.1) is 0 Å². The van der Waals surface area contributed by atoms with Gasteiger partial charge in [0.05, 0.1) is 15.7 Å². The number of para-hydroxylation sites is 1. The van der Waals surface area contributed by atoms with Crippen LogP contribution in [-0.4, -0.2) is 34.1 Å². The zero-order chi connectivity index (χ0) is 17.3. The molecule has 2 aromatic rings. The predicted molar refractivity (Wildman–Crippen MR) is 98.2 cm³/mol. The number of fused-ring (bicyclic) bond motifs is 1. The Hall–Kier alpha value is -1.23. The maximum absolute atomic E-state index is 6.13. The van der Waals surface area contributed by atoms with Crippen molar-refractivity contribution in [1.82, 2.24) is 14.5 Å². The summed E-state index contributed by atoms with van der Waals surface area (Å²) in [5, 5.41) is 1.10. The van der Waals surface area contributed by atoms with E-state index >= 15 is 0 Å². The standard InChI is InChI=1S/C18H23Cl2N3O/c1-12(2)18-21-15-11-23(8-7-16(15)22(18)3)9-10-24-17-13(19)5-4-6-14(17)20/h4-6,12H,7-11H2,1-3H3. The molecule has 6 heteroatoms. The van der Waals surface area contributed by atoms with Crippen molar-refractivity contribution in [2.75, 3.05) is 19.7 Å². The summed E-state index contributed by atoms with van der Waals surface area (Å²) in [6, 6.07) is 5.39. The van der Waals surface area contributed by atoms with Gasteiger partial charge in [0.1, 0.15) is 12.4 Å². The molecule has 1 aliphatic rings. The highest BCUT2D eigenvalue weighted by Crippen LogP contribution is 2.32. The van der Waals surface area contributed by atoms with E-state index in [0.29, 0.717) is 28.3 Å². The Balaban J connectivity index is 1.60. The van der Waals surface area contributed by atoms with E-state index in [1.54, 1.807) is 12.1 Å². The molecule has 0 atom stereocenters. The van der Waals surface area contributed by atoms with E-state index < -0.39 is 0 Å².